The SMILES string of the molecule is CCOc1ccc(C(CO)N(C)C(C)=O)cc1. The molecule has 0 aliphatic heterocycles. The van der Waals surface area contributed by atoms with Gasteiger partial charge in [0.1, 0.15) is 5.75 Å². The first kappa shape index (κ1) is 13.5. The topological polar surface area (TPSA) is 49.8 Å². The van der Waals surface area contributed by atoms with Gasteiger partial charge in [0.25, 0.3) is 0 Å². The third-order valence-electron chi connectivity index (χ3n) is 2.71. The number of rotatable bonds is 5. The van der Waals surface area contributed by atoms with Crippen molar-refractivity contribution in [2.45, 2.75) is 19.9 Å². The van der Waals surface area contributed by atoms with E-state index in [9.17, 15) is 9.90 Å². The molecule has 0 heterocycles. The van der Waals surface area contributed by atoms with Crippen LogP contribution >= 0.6 is 0 Å². The molecular weight excluding hydrogens is 218 g/mol. The molecule has 0 bridgehead atoms. The molecule has 1 amide bonds. The van der Waals surface area contributed by atoms with E-state index in [1.165, 1.54) is 11.8 Å². The minimum absolute atomic E-state index is 0.0714. The number of benzene rings is 1. The van der Waals surface area contributed by atoms with Crippen LogP contribution in [0.4, 0.5) is 0 Å². The minimum atomic E-state index is -0.303. The van der Waals surface area contributed by atoms with E-state index in [-0.39, 0.29) is 18.6 Å². The second kappa shape index (κ2) is 6.25. The van der Waals surface area contributed by atoms with Crippen LogP contribution in [0.3, 0.4) is 0 Å². The number of nitrogens with zero attached hydrogens (tertiary/aromatic N) is 1. The van der Waals surface area contributed by atoms with Gasteiger partial charge in [0, 0.05) is 14.0 Å². The van der Waals surface area contributed by atoms with E-state index in [1.54, 1.807) is 7.05 Å². The van der Waals surface area contributed by atoms with Gasteiger partial charge in [-0.3, -0.25) is 4.79 Å². The maximum atomic E-state index is 11.3. The molecule has 1 atom stereocenters. The van der Waals surface area contributed by atoms with E-state index in [2.05, 4.69) is 0 Å². The number of amides is 1. The zero-order valence-corrected chi connectivity index (χ0v) is 10.5. The fraction of sp³-hybridized carbons (Fsp3) is 0.462. The molecule has 1 aromatic carbocycles. The number of carbonyl (C=O) groups is 1. The molecule has 1 aromatic rings. The third-order valence-corrected chi connectivity index (χ3v) is 2.71. The number of hydrogen-bond donors (Lipinski definition) is 1. The Kier molecular flexibility index (Phi) is 4.97. The summed E-state index contributed by atoms with van der Waals surface area (Å²) in [5, 5.41) is 9.35. The summed E-state index contributed by atoms with van der Waals surface area (Å²) < 4.78 is 5.34. The standard InChI is InChI=1S/C13H19NO3/c1-4-17-12-7-5-11(6-8-12)13(9-15)14(3)10(2)16/h5-8,13,15H,4,9H2,1-3H3. The van der Waals surface area contributed by atoms with Crippen molar-refractivity contribution < 1.29 is 14.6 Å². The van der Waals surface area contributed by atoms with Crippen LogP contribution in [0.2, 0.25) is 0 Å². The van der Waals surface area contributed by atoms with E-state index in [0.29, 0.717) is 6.61 Å². The van der Waals surface area contributed by atoms with Crippen molar-refractivity contribution in [1.82, 2.24) is 4.90 Å². The Morgan fingerprint density at radius 2 is 2.00 bits per heavy atom. The molecule has 0 radical (unpaired) electrons. The number of aliphatic hydroxyl groups is 1. The molecule has 0 fully saturated rings. The average molecular weight is 237 g/mol. The summed E-state index contributed by atoms with van der Waals surface area (Å²) in [5.41, 5.74) is 0.897. The summed E-state index contributed by atoms with van der Waals surface area (Å²) in [5.74, 6) is 0.719. The van der Waals surface area contributed by atoms with E-state index in [4.69, 9.17) is 4.74 Å². The summed E-state index contributed by atoms with van der Waals surface area (Å²) in [6.07, 6.45) is 0. The maximum absolute atomic E-state index is 11.3. The highest BCUT2D eigenvalue weighted by molar-refractivity contribution is 5.73. The Balaban J connectivity index is 2.85. The van der Waals surface area contributed by atoms with Crippen LogP contribution in [0.25, 0.3) is 0 Å². The molecule has 1 N–H and O–H groups in total. The second-order valence-corrected chi connectivity index (χ2v) is 3.83. The van der Waals surface area contributed by atoms with Gasteiger partial charge in [-0.05, 0) is 24.6 Å². The van der Waals surface area contributed by atoms with E-state index >= 15 is 0 Å². The lowest BCUT2D eigenvalue weighted by atomic mass is 10.1. The van der Waals surface area contributed by atoms with Gasteiger partial charge in [-0.15, -0.1) is 0 Å². The highest BCUT2D eigenvalue weighted by Gasteiger charge is 2.17. The molecule has 0 aliphatic carbocycles. The van der Waals surface area contributed by atoms with Crippen LogP contribution in [0.1, 0.15) is 25.5 Å². The second-order valence-electron chi connectivity index (χ2n) is 3.83. The molecule has 0 spiro atoms. The van der Waals surface area contributed by atoms with Gasteiger partial charge in [0.2, 0.25) is 5.91 Å². The van der Waals surface area contributed by atoms with Crippen molar-refractivity contribution in [1.29, 1.82) is 0 Å². The van der Waals surface area contributed by atoms with Crippen LogP contribution in [-0.4, -0.2) is 36.2 Å². The van der Waals surface area contributed by atoms with Gasteiger partial charge in [-0.2, -0.15) is 0 Å². The van der Waals surface area contributed by atoms with Gasteiger partial charge >= 0.3 is 0 Å². The quantitative estimate of drug-likeness (QED) is 0.846. The Labute approximate surface area is 102 Å². The summed E-state index contributed by atoms with van der Waals surface area (Å²) in [6, 6.07) is 7.12. The van der Waals surface area contributed by atoms with Crippen molar-refractivity contribution in [3.05, 3.63) is 29.8 Å². The van der Waals surface area contributed by atoms with E-state index < -0.39 is 0 Å². The smallest absolute Gasteiger partial charge is 0.219 e. The van der Waals surface area contributed by atoms with Crippen molar-refractivity contribution in [3.63, 3.8) is 0 Å². The summed E-state index contributed by atoms with van der Waals surface area (Å²) in [6.45, 7) is 3.94. The maximum Gasteiger partial charge on any atom is 0.219 e. The van der Waals surface area contributed by atoms with Crippen molar-refractivity contribution in [2.24, 2.45) is 0 Å². The number of hydrogen-bond acceptors (Lipinski definition) is 3. The highest BCUT2D eigenvalue weighted by Crippen LogP contribution is 2.21. The monoisotopic (exact) mass is 237 g/mol. The predicted octanol–water partition coefficient (Wildman–Crippen LogP) is 1.60. The summed E-state index contributed by atoms with van der Waals surface area (Å²) in [7, 11) is 1.68. The average Bonchev–Trinajstić information content (AvgIpc) is 2.32. The van der Waals surface area contributed by atoms with Crippen molar-refractivity contribution in [3.8, 4) is 5.75 Å². The summed E-state index contributed by atoms with van der Waals surface area (Å²) in [4.78, 5) is 12.8. The number of aliphatic hydroxyl groups excluding tert-OH is 1. The normalized spacial score (nSPS) is 12.0. The Bertz CT molecular complexity index is 361. The van der Waals surface area contributed by atoms with E-state index in [1.807, 2.05) is 31.2 Å². The fourth-order valence-corrected chi connectivity index (χ4v) is 1.62. The van der Waals surface area contributed by atoms with Gasteiger partial charge in [-0.25, -0.2) is 0 Å². The molecular formula is C13H19NO3. The zero-order chi connectivity index (χ0) is 12.8. The zero-order valence-electron chi connectivity index (χ0n) is 10.5. The molecule has 4 nitrogen and oxygen atoms in total. The van der Waals surface area contributed by atoms with Crippen LogP contribution in [-0.2, 0) is 4.79 Å². The van der Waals surface area contributed by atoms with E-state index in [0.717, 1.165) is 11.3 Å². The van der Waals surface area contributed by atoms with Gasteiger partial charge in [0.15, 0.2) is 0 Å². The Morgan fingerprint density at radius 1 is 1.41 bits per heavy atom. The lowest BCUT2D eigenvalue weighted by molar-refractivity contribution is -0.130. The molecule has 1 rings (SSSR count). The molecule has 94 valence electrons. The molecule has 4 heteroatoms. The number of likely N-dealkylation sites (N-methyl/N-ethyl adjacent to an activating group) is 1. The molecule has 0 saturated heterocycles. The largest absolute Gasteiger partial charge is 0.494 e. The first-order chi connectivity index (χ1) is 8.10. The minimum Gasteiger partial charge on any atom is -0.494 e. The van der Waals surface area contributed by atoms with Crippen LogP contribution in [0.15, 0.2) is 24.3 Å². The van der Waals surface area contributed by atoms with Gasteiger partial charge in [-0.1, -0.05) is 12.1 Å². The van der Waals surface area contributed by atoms with Gasteiger partial charge in [0.05, 0.1) is 19.3 Å². The van der Waals surface area contributed by atoms with Crippen molar-refractivity contribution in [2.75, 3.05) is 20.3 Å². The molecule has 1 unspecified atom stereocenters. The number of ether oxygens (including phenoxy) is 1. The van der Waals surface area contributed by atoms with Crippen molar-refractivity contribution >= 4 is 5.91 Å². The van der Waals surface area contributed by atoms with Crippen LogP contribution < -0.4 is 4.74 Å². The highest BCUT2D eigenvalue weighted by atomic mass is 16.5. The summed E-state index contributed by atoms with van der Waals surface area (Å²) >= 11 is 0. The Morgan fingerprint density at radius 3 is 2.41 bits per heavy atom. The number of carbonyl (C=O) groups excluding carboxylic acids is 1. The molecule has 17 heavy (non-hydrogen) atoms. The first-order valence-corrected chi connectivity index (χ1v) is 5.67. The fourth-order valence-electron chi connectivity index (χ4n) is 1.62. The van der Waals surface area contributed by atoms with Crippen LogP contribution in [0.5, 0.6) is 5.75 Å². The Hall–Kier alpha value is -1.55. The predicted molar refractivity (Wildman–Crippen MR) is 65.9 cm³/mol. The lowest BCUT2D eigenvalue weighted by Crippen LogP contribution is -2.31. The molecule has 0 aromatic heterocycles. The molecule has 0 saturated carbocycles. The van der Waals surface area contributed by atoms with Crippen LogP contribution in [0, 0.1) is 0 Å². The third kappa shape index (κ3) is 3.46. The molecule has 0 aliphatic rings. The lowest BCUT2D eigenvalue weighted by Gasteiger charge is -2.25. The first-order valence-electron chi connectivity index (χ1n) is 5.67. The van der Waals surface area contributed by atoms with Gasteiger partial charge < -0.3 is 14.7 Å².